The van der Waals surface area contributed by atoms with E-state index in [0.29, 0.717) is 53.9 Å². The summed E-state index contributed by atoms with van der Waals surface area (Å²) in [5.74, 6) is 0.933. The molecule has 4 fully saturated rings. The molecule has 5 N–H and O–H groups in total. The Morgan fingerprint density at radius 1 is 0.738 bits per heavy atom. The quantitative estimate of drug-likeness (QED) is 0.0274. The monoisotopic (exact) mass is 1220 g/mol. The summed E-state index contributed by atoms with van der Waals surface area (Å²) in [6.07, 6.45) is 17.6. The summed E-state index contributed by atoms with van der Waals surface area (Å²) in [6.45, 7) is 9.04. The topological polar surface area (TPSA) is 199 Å². The first-order valence-electron chi connectivity index (χ1n) is 27.8. The van der Waals surface area contributed by atoms with Crippen molar-refractivity contribution in [1.82, 2.24) is 50.5 Å². The Labute approximate surface area is 502 Å². The highest BCUT2D eigenvalue weighted by Gasteiger charge is 2.25. The molecule has 4 amide bonds. The number of aromatic nitrogens is 3. The van der Waals surface area contributed by atoms with Gasteiger partial charge in [0.25, 0.3) is 0 Å². The van der Waals surface area contributed by atoms with E-state index in [-0.39, 0.29) is 35.5 Å². The number of amides is 4. The Balaban J connectivity index is 0.000000178. The van der Waals surface area contributed by atoms with Crippen molar-refractivity contribution in [2.45, 2.75) is 50.4 Å². The number of urea groups is 1. The smallest absolute Gasteiger partial charge is 0.319 e. The lowest BCUT2D eigenvalue weighted by atomic mass is 10.1. The Morgan fingerprint density at radius 3 is 2.00 bits per heavy atom. The number of halogens is 2. The maximum atomic E-state index is 14.9. The lowest BCUT2D eigenvalue weighted by Gasteiger charge is -2.35. The van der Waals surface area contributed by atoms with E-state index in [1.807, 2.05) is 42.5 Å². The van der Waals surface area contributed by atoms with Gasteiger partial charge in [-0.1, -0.05) is 39.8 Å². The molecule has 5 aromatic heterocycles. The van der Waals surface area contributed by atoms with Gasteiger partial charge in [0.1, 0.15) is 17.8 Å². The molecule has 5 aliphatic rings. The predicted octanol–water partition coefficient (Wildman–Crippen LogP) is 10.3. The van der Waals surface area contributed by atoms with Gasteiger partial charge in [0.15, 0.2) is 23.1 Å². The van der Waals surface area contributed by atoms with Crippen LogP contribution in [0.1, 0.15) is 42.2 Å². The van der Waals surface area contributed by atoms with Gasteiger partial charge in [-0.05, 0) is 93.4 Å². The summed E-state index contributed by atoms with van der Waals surface area (Å²) in [4.78, 5) is 70.1. The number of anilines is 2. The predicted molar refractivity (Wildman–Crippen MR) is 332 cm³/mol. The van der Waals surface area contributed by atoms with Crippen LogP contribution < -0.4 is 36.1 Å². The zero-order valence-corrected chi connectivity index (χ0v) is 49.8. The zero-order chi connectivity index (χ0) is 58.4. The summed E-state index contributed by atoms with van der Waals surface area (Å²) in [5, 5.41) is 14.5. The minimum absolute atomic E-state index is 0.0336. The molecule has 0 bridgehead atoms. The molecule has 2 saturated carbocycles. The van der Waals surface area contributed by atoms with Crippen LogP contribution in [0.2, 0.25) is 0 Å². The minimum atomic E-state index is -0.576. The van der Waals surface area contributed by atoms with Crippen molar-refractivity contribution in [2.24, 2.45) is 0 Å². The molecule has 2 aromatic carbocycles. The number of hydrogen-bond donors (Lipinski definition) is 5. The fraction of sp³-hybridized carbons (Fsp3) is 0.350. The van der Waals surface area contributed by atoms with Crippen molar-refractivity contribution in [2.75, 3.05) is 95.1 Å². The van der Waals surface area contributed by atoms with Crippen LogP contribution in [-0.4, -0.2) is 156 Å². The van der Waals surface area contributed by atoms with Crippen molar-refractivity contribution in [1.29, 1.82) is 0 Å². The van der Waals surface area contributed by atoms with E-state index >= 15 is 0 Å². The van der Waals surface area contributed by atoms with Gasteiger partial charge in [-0.15, -0.1) is 22.7 Å². The second-order valence-corrected chi connectivity index (χ2v) is 25.4. The number of carbonyl (C=O) groups is 4. The lowest BCUT2D eigenvalue weighted by Crippen LogP contribution is -2.49. The van der Waals surface area contributed by atoms with Gasteiger partial charge in [0.2, 0.25) is 12.3 Å². The number of aldehydes is 1. The average Bonchev–Trinajstić information content (AvgIpc) is 4.33. The Kier molecular flexibility index (Phi) is 20.9. The molecule has 1 atom stereocenters. The van der Waals surface area contributed by atoms with Gasteiger partial charge in [-0.2, -0.15) is 0 Å². The van der Waals surface area contributed by atoms with Crippen molar-refractivity contribution in [3.63, 3.8) is 0 Å². The van der Waals surface area contributed by atoms with E-state index in [9.17, 15) is 28.0 Å². The number of likely N-dealkylation sites (N-methyl/N-ethyl adjacent to an activating group) is 1. The number of pyridine rings is 3. The molecule has 84 heavy (non-hydrogen) atoms. The van der Waals surface area contributed by atoms with Crippen LogP contribution in [0.3, 0.4) is 0 Å². The first kappa shape index (κ1) is 60.1. The molecule has 0 spiro atoms. The molecule has 2 saturated heterocycles. The Morgan fingerprint density at radius 2 is 1.39 bits per heavy atom. The molecular weight excluding hydrogens is 1150 g/mol. The van der Waals surface area contributed by atoms with Crippen molar-refractivity contribution >= 4 is 101 Å². The number of fused-ring (bicyclic) bond motifs is 2. The normalized spacial score (nSPS) is 17.2. The van der Waals surface area contributed by atoms with E-state index in [1.54, 1.807) is 48.0 Å². The zero-order valence-electron chi connectivity index (χ0n) is 46.6. The molecule has 18 nitrogen and oxygen atoms in total. The summed E-state index contributed by atoms with van der Waals surface area (Å²) < 4.78 is 42.8. The minimum Gasteiger partial charge on any atom is -0.453 e. The van der Waals surface area contributed by atoms with Crippen LogP contribution in [0.15, 0.2) is 115 Å². The number of nitrogens with one attached hydrogen (secondary N) is 5. The molecule has 8 heterocycles. The third-order valence-electron chi connectivity index (χ3n) is 14.3. The van der Waals surface area contributed by atoms with Crippen LogP contribution in [0, 0.1) is 11.6 Å². The molecule has 2 aliphatic carbocycles. The van der Waals surface area contributed by atoms with Crippen LogP contribution >= 0.6 is 44.3 Å². The van der Waals surface area contributed by atoms with Crippen LogP contribution in [0.4, 0.5) is 25.0 Å². The first-order valence-corrected chi connectivity index (χ1v) is 31.9. The number of thiophene rings is 2. The van der Waals surface area contributed by atoms with Gasteiger partial charge in [-0.3, -0.25) is 34.3 Å². The summed E-state index contributed by atoms with van der Waals surface area (Å²) in [6, 6.07) is 21.0. The van der Waals surface area contributed by atoms with E-state index < -0.39 is 11.6 Å². The molecule has 24 heteroatoms. The third kappa shape index (κ3) is 16.9. The first-order chi connectivity index (χ1) is 41.0. The molecule has 12 rings (SSSR count). The fourth-order valence-electron chi connectivity index (χ4n) is 9.28. The summed E-state index contributed by atoms with van der Waals surface area (Å²) >= 11 is 3.05. The Hall–Kier alpha value is -7.03. The van der Waals surface area contributed by atoms with Gasteiger partial charge >= 0.3 is 6.03 Å². The van der Waals surface area contributed by atoms with E-state index in [1.165, 1.54) is 75.6 Å². The standard InChI is InChI=1S/C31H33FN6O4S3.C25H24FN5O2S.C4H9N/c32-23-15-22(36-31(41)35-21-2-3-21)4-6-26(23)42-27-7-8-33-25-16-28(45-30(25)27)24-5-1-20(17-34-24)18-37-9-11-38(12-10-37)29(40)19-44-43-14-13-39;1-30-8-10-31(11-9-30)15-17-2-4-20(28-14-17)24-13-21-25(34-24)23(6-7-27-21)33-22-5-3-18(29-16-32)12-19(22)26;1-5-4-2-3-4/h1,4-8,13,15-17,21,24,34H,2-3,9-12,14,18-19H2,(H2,35,36,41);2-7,12-14,16H,8-11,15H2,1H3,(H,29,32);4-5H,2-3H2,1H3. The summed E-state index contributed by atoms with van der Waals surface area (Å²) in [5.41, 5.74) is 5.47. The number of nitrogens with zero attached hydrogens (tertiary/aromatic N) is 7. The number of rotatable bonds is 20. The number of dihydropyridines is 1. The maximum absolute atomic E-state index is 14.9. The second kappa shape index (κ2) is 29.2. The van der Waals surface area contributed by atoms with Gasteiger partial charge in [-0.25, -0.2) is 13.6 Å². The van der Waals surface area contributed by atoms with Crippen molar-refractivity contribution in [3.05, 3.63) is 137 Å². The molecule has 3 aliphatic heterocycles. The van der Waals surface area contributed by atoms with Crippen molar-refractivity contribution in [3.8, 4) is 33.6 Å². The number of piperazine rings is 2. The lowest BCUT2D eigenvalue weighted by molar-refractivity contribution is -0.130. The molecule has 440 valence electrons. The highest BCUT2D eigenvalue weighted by molar-refractivity contribution is 8.77. The number of hydrogen-bond acceptors (Lipinski definition) is 18. The Bertz CT molecular complexity index is 3470. The number of ether oxygens (including phenoxy) is 2. The van der Waals surface area contributed by atoms with Gasteiger partial charge in [0, 0.05) is 143 Å². The second-order valence-electron chi connectivity index (χ2n) is 20.7. The molecule has 7 aromatic rings. The highest BCUT2D eigenvalue weighted by Crippen LogP contribution is 2.41. The largest absolute Gasteiger partial charge is 0.453 e. The van der Waals surface area contributed by atoms with Crippen LogP contribution in [-0.2, 0) is 20.9 Å². The molecule has 0 radical (unpaired) electrons. The number of carbonyl (C=O) groups excluding carboxylic acids is 4. The average molecular weight is 1220 g/mol. The fourth-order valence-corrected chi connectivity index (χ4v) is 13.0. The maximum Gasteiger partial charge on any atom is 0.319 e. The van der Waals surface area contributed by atoms with E-state index in [4.69, 9.17) is 9.47 Å². The van der Waals surface area contributed by atoms with E-state index in [0.717, 1.165) is 119 Å². The van der Waals surface area contributed by atoms with Gasteiger partial charge < -0.3 is 50.7 Å². The molecule has 1 unspecified atom stereocenters. The van der Waals surface area contributed by atoms with Crippen molar-refractivity contribution < 1.29 is 37.4 Å². The van der Waals surface area contributed by atoms with Gasteiger partial charge in [0.05, 0.1) is 48.6 Å². The number of benzene rings is 2. The molecular formula is C60H66F2N12O6S4. The van der Waals surface area contributed by atoms with E-state index in [2.05, 4.69) is 81.5 Å². The summed E-state index contributed by atoms with van der Waals surface area (Å²) in [7, 11) is 7.01. The van der Waals surface area contributed by atoms with Crippen LogP contribution in [0.25, 0.3) is 31.0 Å². The van der Waals surface area contributed by atoms with Crippen LogP contribution in [0.5, 0.6) is 23.0 Å². The third-order valence-corrected chi connectivity index (χ3v) is 18.8. The highest BCUT2D eigenvalue weighted by atomic mass is 33.1. The SMILES string of the molecule is CN1CCN(Cc2ccc(-c3cc4nccc(Oc5ccc(NC=O)cc5F)c4s3)nc2)CC1.CNC1CC1.O=CCSSCC(=O)N1CCN(CC2=CNC(c3cc4nccc(Oc5ccc(NC(=O)NC6CC6)cc5F)c4s3)C=C2)CC1.